The molecule has 1 aliphatic heterocycles. The van der Waals surface area contributed by atoms with E-state index < -0.39 is 0 Å². The van der Waals surface area contributed by atoms with Crippen molar-refractivity contribution in [3.63, 3.8) is 0 Å². The smallest absolute Gasteiger partial charge is 0.309 e. The fourth-order valence-electron chi connectivity index (χ4n) is 2.47. The number of rotatable bonds is 4. The monoisotopic (exact) mass is 256 g/mol. The zero-order chi connectivity index (χ0) is 13.7. The first-order chi connectivity index (χ1) is 8.51. The molecule has 104 valence electrons. The minimum atomic E-state index is -0.170. The Labute approximate surface area is 109 Å². The molecule has 0 spiro atoms. The second-order valence-corrected chi connectivity index (χ2v) is 4.98. The van der Waals surface area contributed by atoms with E-state index in [4.69, 9.17) is 4.74 Å². The van der Waals surface area contributed by atoms with Crippen molar-refractivity contribution in [1.82, 2.24) is 10.2 Å². The van der Waals surface area contributed by atoms with E-state index in [0.29, 0.717) is 0 Å². The Morgan fingerprint density at radius 2 is 1.83 bits per heavy atom. The Bertz CT molecular complexity index is 299. The number of nitrogens with one attached hydrogen (secondary N) is 1. The second kappa shape index (κ2) is 6.73. The molecule has 5 heteroatoms. The van der Waals surface area contributed by atoms with E-state index in [-0.39, 0.29) is 29.8 Å². The number of piperidine rings is 1. The van der Waals surface area contributed by atoms with Crippen LogP contribution >= 0.6 is 0 Å². The molecule has 1 saturated heterocycles. The fraction of sp³-hybridized carbons (Fsp3) is 0.846. The van der Waals surface area contributed by atoms with Crippen molar-refractivity contribution < 1.29 is 14.3 Å². The summed E-state index contributed by atoms with van der Waals surface area (Å²) in [4.78, 5) is 25.3. The number of ether oxygens (including phenoxy) is 1. The summed E-state index contributed by atoms with van der Waals surface area (Å²) < 4.78 is 4.77. The number of carbonyl (C=O) groups is 2. The van der Waals surface area contributed by atoms with Gasteiger partial charge in [0.2, 0.25) is 5.91 Å². The van der Waals surface area contributed by atoms with Gasteiger partial charge >= 0.3 is 5.97 Å². The van der Waals surface area contributed by atoms with Crippen LogP contribution < -0.4 is 5.32 Å². The standard InChI is InChI=1S/C13H24N2O3/c1-9(13(17)18-4)10(2)15-7-5-11(6-8-15)12(16)14-3/h9-11H,5-8H2,1-4H3,(H,14,16). The summed E-state index contributed by atoms with van der Waals surface area (Å²) in [5.41, 5.74) is 0. The van der Waals surface area contributed by atoms with Crippen LogP contribution in [-0.4, -0.2) is 50.1 Å². The first kappa shape index (κ1) is 15.0. The highest BCUT2D eigenvalue weighted by Gasteiger charge is 2.31. The molecule has 0 saturated carbocycles. The summed E-state index contributed by atoms with van der Waals surface area (Å²) in [5.74, 6) is -0.0577. The molecule has 1 aliphatic rings. The van der Waals surface area contributed by atoms with Gasteiger partial charge in [0.05, 0.1) is 13.0 Å². The lowest BCUT2D eigenvalue weighted by molar-refractivity contribution is -0.147. The first-order valence-corrected chi connectivity index (χ1v) is 6.54. The zero-order valence-electron chi connectivity index (χ0n) is 11.7. The topological polar surface area (TPSA) is 58.6 Å². The van der Waals surface area contributed by atoms with Crippen LogP contribution in [0.4, 0.5) is 0 Å². The highest BCUT2D eigenvalue weighted by atomic mass is 16.5. The maximum absolute atomic E-state index is 11.5. The number of amides is 1. The molecule has 1 fully saturated rings. The van der Waals surface area contributed by atoms with Gasteiger partial charge in [-0.25, -0.2) is 0 Å². The normalized spacial score (nSPS) is 21.1. The van der Waals surface area contributed by atoms with Crippen molar-refractivity contribution in [2.45, 2.75) is 32.7 Å². The predicted octanol–water partition coefficient (Wildman–Crippen LogP) is 0.642. The average molecular weight is 256 g/mol. The molecule has 1 heterocycles. The first-order valence-electron chi connectivity index (χ1n) is 6.54. The number of likely N-dealkylation sites (tertiary alicyclic amines) is 1. The van der Waals surface area contributed by atoms with Gasteiger partial charge in [0.25, 0.3) is 0 Å². The molecule has 1 amide bonds. The number of methoxy groups -OCH3 is 1. The van der Waals surface area contributed by atoms with Crippen LogP contribution in [0.2, 0.25) is 0 Å². The van der Waals surface area contributed by atoms with Crippen LogP contribution in [0, 0.1) is 11.8 Å². The molecule has 18 heavy (non-hydrogen) atoms. The molecular formula is C13H24N2O3. The van der Waals surface area contributed by atoms with Gasteiger partial charge in [-0.05, 0) is 32.9 Å². The molecule has 0 aliphatic carbocycles. The third kappa shape index (κ3) is 3.45. The number of carbonyl (C=O) groups excluding carboxylic acids is 2. The maximum Gasteiger partial charge on any atom is 0.309 e. The highest BCUT2D eigenvalue weighted by molar-refractivity contribution is 5.78. The molecule has 0 bridgehead atoms. The minimum Gasteiger partial charge on any atom is -0.469 e. The lowest BCUT2D eigenvalue weighted by Crippen LogP contribution is -2.47. The Hall–Kier alpha value is -1.10. The van der Waals surface area contributed by atoms with E-state index in [1.807, 2.05) is 13.8 Å². The lowest BCUT2D eigenvalue weighted by Gasteiger charge is -2.37. The number of nitrogens with zero attached hydrogens (tertiary/aromatic N) is 1. The van der Waals surface area contributed by atoms with E-state index in [0.717, 1.165) is 25.9 Å². The highest BCUT2D eigenvalue weighted by Crippen LogP contribution is 2.22. The summed E-state index contributed by atoms with van der Waals surface area (Å²) in [6.07, 6.45) is 1.72. The third-order valence-corrected chi connectivity index (χ3v) is 4.02. The third-order valence-electron chi connectivity index (χ3n) is 4.02. The van der Waals surface area contributed by atoms with E-state index in [2.05, 4.69) is 10.2 Å². The molecule has 0 aromatic carbocycles. The van der Waals surface area contributed by atoms with Crippen molar-refractivity contribution in [2.24, 2.45) is 11.8 Å². The van der Waals surface area contributed by atoms with Crippen LogP contribution in [0.15, 0.2) is 0 Å². The average Bonchev–Trinajstić information content (AvgIpc) is 2.44. The van der Waals surface area contributed by atoms with Crippen molar-refractivity contribution >= 4 is 11.9 Å². The molecule has 1 N–H and O–H groups in total. The van der Waals surface area contributed by atoms with Gasteiger partial charge in [0, 0.05) is 19.0 Å². The van der Waals surface area contributed by atoms with Crippen LogP contribution in [0.25, 0.3) is 0 Å². The van der Waals surface area contributed by atoms with Gasteiger partial charge in [-0.2, -0.15) is 0 Å². The van der Waals surface area contributed by atoms with Crippen molar-refractivity contribution in [2.75, 3.05) is 27.2 Å². The predicted molar refractivity (Wildman–Crippen MR) is 69.0 cm³/mol. The molecule has 2 atom stereocenters. The van der Waals surface area contributed by atoms with Crippen LogP contribution in [0.5, 0.6) is 0 Å². The van der Waals surface area contributed by atoms with Crippen molar-refractivity contribution in [3.8, 4) is 0 Å². The zero-order valence-corrected chi connectivity index (χ0v) is 11.7. The van der Waals surface area contributed by atoms with E-state index in [1.165, 1.54) is 7.11 Å². The Morgan fingerprint density at radius 3 is 2.28 bits per heavy atom. The van der Waals surface area contributed by atoms with Gasteiger partial charge in [-0.15, -0.1) is 0 Å². The van der Waals surface area contributed by atoms with Gasteiger partial charge in [-0.3, -0.25) is 14.5 Å². The largest absolute Gasteiger partial charge is 0.469 e. The molecule has 0 aromatic heterocycles. The molecule has 1 rings (SSSR count). The molecule has 0 aromatic rings. The van der Waals surface area contributed by atoms with E-state index in [1.54, 1.807) is 7.05 Å². The molecule has 0 radical (unpaired) electrons. The molecule has 2 unspecified atom stereocenters. The summed E-state index contributed by atoms with van der Waals surface area (Å²) >= 11 is 0. The van der Waals surface area contributed by atoms with Crippen LogP contribution in [0.3, 0.4) is 0 Å². The van der Waals surface area contributed by atoms with Crippen LogP contribution in [0.1, 0.15) is 26.7 Å². The Balaban J connectivity index is 2.47. The fourth-order valence-corrected chi connectivity index (χ4v) is 2.47. The van der Waals surface area contributed by atoms with Gasteiger partial charge in [0.1, 0.15) is 0 Å². The van der Waals surface area contributed by atoms with Crippen LogP contribution in [-0.2, 0) is 14.3 Å². The summed E-state index contributed by atoms with van der Waals surface area (Å²) in [7, 11) is 3.10. The van der Waals surface area contributed by atoms with Gasteiger partial charge in [0.15, 0.2) is 0 Å². The molecular weight excluding hydrogens is 232 g/mol. The lowest BCUT2D eigenvalue weighted by atomic mass is 9.92. The SMILES string of the molecule is CNC(=O)C1CCN(C(C)C(C)C(=O)OC)CC1. The minimum absolute atomic E-state index is 0.117. The van der Waals surface area contributed by atoms with Crippen molar-refractivity contribution in [3.05, 3.63) is 0 Å². The molecule has 5 nitrogen and oxygen atoms in total. The number of esters is 1. The number of hydrogen-bond donors (Lipinski definition) is 1. The summed E-state index contributed by atoms with van der Waals surface area (Å²) in [6.45, 7) is 5.66. The summed E-state index contributed by atoms with van der Waals surface area (Å²) in [6, 6.07) is 0.156. The van der Waals surface area contributed by atoms with Gasteiger partial charge < -0.3 is 10.1 Å². The second-order valence-electron chi connectivity index (χ2n) is 4.98. The van der Waals surface area contributed by atoms with Crippen molar-refractivity contribution in [1.29, 1.82) is 0 Å². The summed E-state index contributed by atoms with van der Waals surface area (Å²) in [5, 5.41) is 2.70. The Kier molecular flexibility index (Phi) is 5.59. The quantitative estimate of drug-likeness (QED) is 0.750. The van der Waals surface area contributed by atoms with Gasteiger partial charge in [-0.1, -0.05) is 6.92 Å². The van der Waals surface area contributed by atoms with E-state index in [9.17, 15) is 9.59 Å². The maximum atomic E-state index is 11.5. The Morgan fingerprint density at radius 1 is 1.28 bits per heavy atom. The number of hydrogen-bond acceptors (Lipinski definition) is 4. The van der Waals surface area contributed by atoms with E-state index >= 15 is 0 Å².